The Morgan fingerprint density at radius 3 is 2.29 bits per heavy atom. The second kappa shape index (κ2) is 9.60. The quantitative estimate of drug-likeness (QED) is 0.575. The van der Waals surface area contributed by atoms with E-state index in [2.05, 4.69) is 29.4 Å². The first-order valence-electron chi connectivity index (χ1n) is 7.60. The zero-order valence-corrected chi connectivity index (χ0v) is 14.0. The second-order valence-electron chi connectivity index (χ2n) is 6.31. The van der Waals surface area contributed by atoms with Gasteiger partial charge in [-0.3, -0.25) is 4.79 Å². The molecule has 124 valence electrons. The molecule has 0 aromatic heterocycles. The average Bonchev–Trinajstić information content (AvgIpc) is 2.40. The van der Waals surface area contributed by atoms with Crippen molar-refractivity contribution in [3.8, 4) is 0 Å². The molecule has 0 aromatic carbocycles. The molecule has 6 heteroatoms. The number of carbonyl (C=O) groups is 2. The van der Waals surface area contributed by atoms with E-state index in [4.69, 9.17) is 5.11 Å². The lowest BCUT2D eigenvalue weighted by molar-refractivity contribution is -0.137. The first-order chi connectivity index (χ1) is 9.69. The fourth-order valence-corrected chi connectivity index (χ4v) is 1.79. The van der Waals surface area contributed by atoms with Gasteiger partial charge >= 0.3 is 12.0 Å². The van der Waals surface area contributed by atoms with Gasteiger partial charge in [-0.25, -0.2) is 4.79 Å². The van der Waals surface area contributed by atoms with Crippen LogP contribution < -0.4 is 10.6 Å². The fraction of sp³-hybridized carbons (Fsp3) is 0.867. The zero-order valence-electron chi connectivity index (χ0n) is 14.0. The zero-order chi connectivity index (χ0) is 16.5. The number of nitrogens with one attached hydrogen (secondary N) is 2. The maximum Gasteiger partial charge on any atom is 0.314 e. The van der Waals surface area contributed by atoms with Gasteiger partial charge in [0, 0.05) is 25.0 Å². The van der Waals surface area contributed by atoms with Crippen LogP contribution in [0.25, 0.3) is 0 Å². The number of carboxylic acids is 1. The molecule has 0 aliphatic rings. The van der Waals surface area contributed by atoms with Gasteiger partial charge in [-0.1, -0.05) is 13.3 Å². The standard InChI is InChI=1S/C15H31N3O3/c1-6-12(7-8-13(19)20)9-10-16-14(21)17-11-15(2,3)18(4)5/h12H,6-11H2,1-5H3,(H,19,20)(H2,16,17,21). The van der Waals surface area contributed by atoms with E-state index in [0.29, 0.717) is 25.4 Å². The van der Waals surface area contributed by atoms with Crippen molar-refractivity contribution in [2.24, 2.45) is 5.92 Å². The Morgan fingerprint density at radius 1 is 1.19 bits per heavy atom. The maximum atomic E-state index is 11.7. The number of hydrogen-bond acceptors (Lipinski definition) is 3. The van der Waals surface area contributed by atoms with Crippen LogP contribution in [0.4, 0.5) is 4.79 Å². The van der Waals surface area contributed by atoms with Crippen molar-refractivity contribution in [2.45, 2.75) is 52.0 Å². The van der Waals surface area contributed by atoms with Crippen molar-refractivity contribution >= 4 is 12.0 Å². The Kier molecular flexibility index (Phi) is 9.01. The molecule has 3 N–H and O–H groups in total. The summed E-state index contributed by atoms with van der Waals surface area (Å²) < 4.78 is 0. The molecule has 0 saturated heterocycles. The summed E-state index contributed by atoms with van der Waals surface area (Å²) in [6.45, 7) is 7.32. The minimum atomic E-state index is -0.759. The van der Waals surface area contributed by atoms with E-state index in [1.54, 1.807) is 0 Å². The molecule has 0 spiro atoms. The normalized spacial score (nSPS) is 13.0. The summed E-state index contributed by atoms with van der Waals surface area (Å²) >= 11 is 0. The Labute approximate surface area is 128 Å². The predicted octanol–water partition coefficient (Wildman–Crippen LogP) is 1.91. The Bertz CT molecular complexity index is 330. The first-order valence-corrected chi connectivity index (χ1v) is 7.60. The number of nitrogens with zero attached hydrogens (tertiary/aromatic N) is 1. The topological polar surface area (TPSA) is 81.7 Å². The van der Waals surface area contributed by atoms with E-state index in [9.17, 15) is 9.59 Å². The summed E-state index contributed by atoms with van der Waals surface area (Å²) in [5.74, 6) is -0.412. The van der Waals surface area contributed by atoms with E-state index in [1.165, 1.54) is 0 Å². The lowest BCUT2D eigenvalue weighted by atomic mass is 9.97. The van der Waals surface area contributed by atoms with E-state index >= 15 is 0 Å². The third-order valence-corrected chi connectivity index (χ3v) is 4.07. The minimum Gasteiger partial charge on any atom is -0.481 e. The van der Waals surface area contributed by atoms with Gasteiger partial charge in [0.25, 0.3) is 0 Å². The molecule has 0 fully saturated rings. The van der Waals surface area contributed by atoms with Crippen LogP contribution >= 0.6 is 0 Å². The van der Waals surface area contributed by atoms with Crippen molar-refractivity contribution in [1.82, 2.24) is 15.5 Å². The lowest BCUT2D eigenvalue weighted by Gasteiger charge is -2.32. The number of amides is 2. The van der Waals surface area contributed by atoms with E-state index in [-0.39, 0.29) is 18.0 Å². The van der Waals surface area contributed by atoms with Crippen LogP contribution in [0.3, 0.4) is 0 Å². The number of rotatable bonds is 10. The molecule has 21 heavy (non-hydrogen) atoms. The van der Waals surface area contributed by atoms with Crippen LogP contribution in [0.1, 0.15) is 46.5 Å². The van der Waals surface area contributed by atoms with Gasteiger partial charge in [-0.05, 0) is 46.7 Å². The Balaban J connectivity index is 3.90. The fourth-order valence-electron chi connectivity index (χ4n) is 1.79. The van der Waals surface area contributed by atoms with Gasteiger partial charge in [-0.2, -0.15) is 0 Å². The van der Waals surface area contributed by atoms with Crippen LogP contribution in [0, 0.1) is 5.92 Å². The summed E-state index contributed by atoms with van der Waals surface area (Å²) in [6, 6.07) is -0.169. The smallest absolute Gasteiger partial charge is 0.314 e. The minimum absolute atomic E-state index is 0.0925. The van der Waals surface area contributed by atoms with Crippen molar-refractivity contribution < 1.29 is 14.7 Å². The molecular weight excluding hydrogens is 270 g/mol. The highest BCUT2D eigenvalue weighted by Crippen LogP contribution is 2.14. The summed E-state index contributed by atoms with van der Waals surface area (Å²) in [6.07, 6.45) is 2.61. The molecule has 0 radical (unpaired) electrons. The van der Waals surface area contributed by atoms with Crippen LogP contribution in [-0.2, 0) is 4.79 Å². The molecule has 1 unspecified atom stereocenters. The molecule has 0 bridgehead atoms. The van der Waals surface area contributed by atoms with Crippen molar-refractivity contribution in [3.05, 3.63) is 0 Å². The van der Waals surface area contributed by atoms with Crippen molar-refractivity contribution in [3.63, 3.8) is 0 Å². The third kappa shape index (κ3) is 9.28. The van der Waals surface area contributed by atoms with E-state index < -0.39 is 5.97 Å². The number of carbonyl (C=O) groups excluding carboxylic acids is 1. The second-order valence-corrected chi connectivity index (χ2v) is 6.31. The SMILES string of the molecule is CCC(CCNC(=O)NCC(C)(C)N(C)C)CCC(=O)O. The number of urea groups is 1. The monoisotopic (exact) mass is 301 g/mol. The van der Waals surface area contributed by atoms with Crippen molar-refractivity contribution in [1.29, 1.82) is 0 Å². The van der Waals surface area contributed by atoms with Gasteiger partial charge in [0.2, 0.25) is 0 Å². The number of aliphatic carboxylic acids is 1. The molecule has 0 rings (SSSR count). The largest absolute Gasteiger partial charge is 0.481 e. The first kappa shape index (κ1) is 19.7. The van der Waals surface area contributed by atoms with Crippen LogP contribution in [0.15, 0.2) is 0 Å². The molecule has 2 amide bonds. The summed E-state index contributed by atoms with van der Waals surface area (Å²) in [4.78, 5) is 24.3. The van der Waals surface area contributed by atoms with Gasteiger partial charge < -0.3 is 20.6 Å². The lowest BCUT2D eigenvalue weighted by Crippen LogP contribution is -2.50. The summed E-state index contributed by atoms with van der Waals surface area (Å²) in [7, 11) is 3.96. The average molecular weight is 301 g/mol. The van der Waals surface area contributed by atoms with Gasteiger partial charge in [-0.15, -0.1) is 0 Å². The molecule has 0 aromatic rings. The molecule has 0 aliphatic heterocycles. The Hall–Kier alpha value is -1.30. The number of hydrogen-bond donors (Lipinski definition) is 3. The molecule has 0 aliphatic carbocycles. The number of likely N-dealkylation sites (N-methyl/N-ethyl adjacent to an activating group) is 1. The van der Waals surface area contributed by atoms with Crippen molar-refractivity contribution in [2.75, 3.05) is 27.2 Å². The van der Waals surface area contributed by atoms with E-state index in [1.807, 2.05) is 21.0 Å². The van der Waals surface area contributed by atoms with Crippen LogP contribution in [0.5, 0.6) is 0 Å². The summed E-state index contributed by atoms with van der Waals surface area (Å²) in [5.41, 5.74) is -0.0925. The predicted molar refractivity (Wildman–Crippen MR) is 84.4 cm³/mol. The molecule has 6 nitrogen and oxygen atoms in total. The maximum absolute atomic E-state index is 11.7. The highest BCUT2D eigenvalue weighted by molar-refractivity contribution is 5.73. The van der Waals surface area contributed by atoms with Gasteiger partial charge in [0.1, 0.15) is 0 Å². The highest BCUT2D eigenvalue weighted by Gasteiger charge is 2.20. The molecule has 1 atom stereocenters. The highest BCUT2D eigenvalue weighted by atomic mass is 16.4. The Morgan fingerprint density at radius 2 is 1.81 bits per heavy atom. The molecule has 0 heterocycles. The molecular formula is C15H31N3O3. The molecule has 0 saturated carbocycles. The van der Waals surface area contributed by atoms with Crippen LogP contribution in [0.2, 0.25) is 0 Å². The number of carboxylic acid groups (broad SMARTS) is 1. The van der Waals surface area contributed by atoms with Crippen LogP contribution in [-0.4, -0.2) is 54.7 Å². The van der Waals surface area contributed by atoms with E-state index in [0.717, 1.165) is 12.8 Å². The van der Waals surface area contributed by atoms with Gasteiger partial charge in [0.15, 0.2) is 0 Å². The third-order valence-electron chi connectivity index (χ3n) is 4.07. The summed E-state index contributed by atoms with van der Waals surface area (Å²) in [5, 5.41) is 14.4. The van der Waals surface area contributed by atoms with Gasteiger partial charge in [0.05, 0.1) is 0 Å².